The molecule has 0 amide bonds. The first-order valence-corrected chi connectivity index (χ1v) is 7.31. The molecule has 0 aliphatic heterocycles. The van der Waals surface area contributed by atoms with Gasteiger partial charge in [0.25, 0.3) is 5.56 Å². The minimum Gasteiger partial charge on any atom is -0.391 e. The molecule has 1 aliphatic carbocycles. The molecule has 4 nitrogen and oxygen atoms in total. The van der Waals surface area contributed by atoms with Crippen molar-refractivity contribution in [3.63, 3.8) is 0 Å². The lowest BCUT2D eigenvalue weighted by molar-refractivity contribution is 0.276. The van der Waals surface area contributed by atoms with E-state index in [1.54, 1.807) is 0 Å². The maximum atomic E-state index is 12.1. The zero-order valence-electron chi connectivity index (χ0n) is 12.0. The van der Waals surface area contributed by atoms with Gasteiger partial charge < -0.3 is 5.11 Å². The quantitative estimate of drug-likeness (QED) is 0.888. The Hall–Kier alpha value is -1.16. The van der Waals surface area contributed by atoms with E-state index in [2.05, 4.69) is 5.10 Å². The zero-order valence-corrected chi connectivity index (χ0v) is 12.0. The Morgan fingerprint density at radius 3 is 2.63 bits per heavy atom. The van der Waals surface area contributed by atoms with E-state index in [-0.39, 0.29) is 12.2 Å². The van der Waals surface area contributed by atoms with Gasteiger partial charge >= 0.3 is 0 Å². The Kier molecular flexibility index (Phi) is 4.75. The van der Waals surface area contributed by atoms with E-state index < -0.39 is 0 Å². The molecule has 1 aromatic rings. The lowest BCUT2D eigenvalue weighted by atomic mass is 10.0. The summed E-state index contributed by atoms with van der Waals surface area (Å²) in [5.41, 5.74) is 2.02. The van der Waals surface area contributed by atoms with Crippen molar-refractivity contribution >= 4 is 0 Å². The molecular weight excluding hydrogens is 240 g/mol. The van der Waals surface area contributed by atoms with Gasteiger partial charge in [-0.05, 0) is 38.2 Å². The van der Waals surface area contributed by atoms with Crippen LogP contribution in [0.1, 0.15) is 55.3 Å². The fourth-order valence-electron chi connectivity index (χ4n) is 3.00. The summed E-state index contributed by atoms with van der Waals surface area (Å²) < 4.78 is 1.53. The lowest BCUT2D eigenvalue weighted by Crippen LogP contribution is -2.28. The monoisotopic (exact) mass is 264 g/mol. The Bertz CT molecular complexity index is 488. The first-order valence-electron chi connectivity index (χ1n) is 7.31. The van der Waals surface area contributed by atoms with Crippen LogP contribution in [0.15, 0.2) is 4.79 Å². The van der Waals surface area contributed by atoms with Crippen molar-refractivity contribution in [1.82, 2.24) is 9.78 Å². The van der Waals surface area contributed by atoms with Gasteiger partial charge in [-0.15, -0.1) is 0 Å². The highest BCUT2D eigenvalue weighted by atomic mass is 16.3. The maximum Gasteiger partial charge on any atom is 0.272 e. The minimum absolute atomic E-state index is 0.128. The summed E-state index contributed by atoms with van der Waals surface area (Å²) in [5.74, 6) is 0.847. The molecule has 1 N–H and O–H groups in total. The second-order valence-corrected chi connectivity index (χ2v) is 5.67. The summed E-state index contributed by atoms with van der Waals surface area (Å²) >= 11 is 0. The van der Waals surface area contributed by atoms with Crippen molar-refractivity contribution in [2.45, 2.75) is 65.5 Å². The molecule has 1 aliphatic rings. The molecule has 4 heteroatoms. The highest BCUT2D eigenvalue weighted by Gasteiger charge is 2.15. The third-order valence-electron chi connectivity index (χ3n) is 4.37. The molecule has 1 fully saturated rings. The van der Waals surface area contributed by atoms with Crippen LogP contribution in [-0.2, 0) is 13.2 Å². The van der Waals surface area contributed by atoms with Crippen molar-refractivity contribution in [2.24, 2.45) is 5.92 Å². The van der Waals surface area contributed by atoms with Crippen LogP contribution in [0.2, 0.25) is 0 Å². The standard InChI is InChI=1S/C15H24N2O2/c1-11-12(2)16-17(15(19)14(11)10-18)9-5-8-13-6-3-4-7-13/h13,18H,3-10H2,1-2H3. The molecule has 0 saturated heterocycles. The molecule has 0 radical (unpaired) electrons. The van der Waals surface area contributed by atoms with E-state index in [9.17, 15) is 9.90 Å². The maximum absolute atomic E-state index is 12.1. The number of hydrogen-bond acceptors (Lipinski definition) is 3. The van der Waals surface area contributed by atoms with Crippen molar-refractivity contribution < 1.29 is 5.11 Å². The van der Waals surface area contributed by atoms with E-state index in [4.69, 9.17) is 0 Å². The van der Waals surface area contributed by atoms with Gasteiger partial charge in [0.2, 0.25) is 0 Å². The van der Waals surface area contributed by atoms with Crippen molar-refractivity contribution in [2.75, 3.05) is 0 Å². The van der Waals surface area contributed by atoms with Gasteiger partial charge in [0, 0.05) is 12.1 Å². The summed E-state index contributed by atoms with van der Waals surface area (Å²) in [6.45, 7) is 4.21. The first kappa shape index (κ1) is 14.3. The van der Waals surface area contributed by atoms with Crippen LogP contribution >= 0.6 is 0 Å². The summed E-state index contributed by atoms with van der Waals surface area (Å²) in [7, 11) is 0. The van der Waals surface area contributed by atoms with Crippen molar-refractivity contribution in [3.05, 3.63) is 27.2 Å². The normalized spacial score (nSPS) is 16.2. The second-order valence-electron chi connectivity index (χ2n) is 5.67. The van der Waals surface area contributed by atoms with E-state index in [1.807, 2.05) is 13.8 Å². The molecular formula is C15H24N2O2. The summed E-state index contributed by atoms with van der Waals surface area (Å²) in [5, 5.41) is 13.6. The Balaban J connectivity index is 2.03. The van der Waals surface area contributed by atoms with Gasteiger partial charge in [-0.3, -0.25) is 4.79 Å². The molecule has 1 heterocycles. The molecule has 0 bridgehead atoms. The predicted octanol–water partition coefficient (Wildman–Crippen LogP) is 2.32. The highest BCUT2D eigenvalue weighted by molar-refractivity contribution is 5.25. The van der Waals surface area contributed by atoms with Gasteiger partial charge in [0.05, 0.1) is 12.3 Å². The van der Waals surface area contributed by atoms with Crippen molar-refractivity contribution in [3.8, 4) is 0 Å². The predicted molar refractivity (Wildman–Crippen MR) is 75.1 cm³/mol. The van der Waals surface area contributed by atoms with Crippen LogP contribution in [0, 0.1) is 19.8 Å². The number of aryl methyl sites for hydroxylation is 2. The molecule has 1 aromatic heterocycles. The molecule has 0 atom stereocenters. The smallest absolute Gasteiger partial charge is 0.272 e. The van der Waals surface area contributed by atoms with Gasteiger partial charge in [0.15, 0.2) is 0 Å². The Labute approximate surface area is 114 Å². The molecule has 0 unspecified atom stereocenters. The van der Waals surface area contributed by atoms with Gasteiger partial charge in [-0.2, -0.15) is 5.10 Å². The largest absolute Gasteiger partial charge is 0.391 e. The van der Waals surface area contributed by atoms with Crippen LogP contribution in [0.4, 0.5) is 0 Å². The van der Waals surface area contributed by atoms with Crippen LogP contribution in [0.3, 0.4) is 0 Å². The van der Waals surface area contributed by atoms with E-state index in [1.165, 1.54) is 36.8 Å². The third kappa shape index (κ3) is 3.24. The molecule has 106 valence electrons. The molecule has 2 rings (SSSR count). The number of aliphatic hydroxyl groups is 1. The fraction of sp³-hybridized carbons (Fsp3) is 0.733. The molecule has 0 spiro atoms. The van der Waals surface area contributed by atoms with Crippen LogP contribution < -0.4 is 5.56 Å². The van der Waals surface area contributed by atoms with E-state index in [0.717, 1.165) is 23.6 Å². The number of aromatic nitrogens is 2. The van der Waals surface area contributed by atoms with Gasteiger partial charge in [-0.1, -0.05) is 25.7 Å². The third-order valence-corrected chi connectivity index (χ3v) is 4.37. The minimum atomic E-state index is -0.198. The Morgan fingerprint density at radius 1 is 1.32 bits per heavy atom. The number of rotatable bonds is 5. The van der Waals surface area contributed by atoms with Crippen LogP contribution in [0.5, 0.6) is 0 Å². The van der Waals surface area contributed by atoms with E-state index >= 15 is 0 Å². The summed E-state index contributed by atoms with van der Waals surface area (Å²) in [6.07, 6.45) is 7.61. The van der Waals surface area contributed by atoms with E-state index in [0.29, 0.717) is 12.1 Å². The first-order chi connectivity index (χ1) is 9.13. The molecule has 1 saturated carbocycles. The SMILES string of the molecule is Cc1nn(CCCC2CCCC2)c(=O)c(CO)c1C. The van der Waals surface area contributed by atoms with Crippen molar-refractivity contribution in [1.29, 1.82) is 0 Å². The highest BCUT2D eigenvalue weighted by Crippen LogP contribution is 2.28. The molecule has 0 aromatic carbocycles. The topological polar surface area (TPSA) is 55.1 Å². The van der Waals surface area contributed by atoms with Gasteiger partial charge in [-0.25, -0.2) is 4.68 Å². The lowest BCUT2D eigenvalue weighted by Gasteiger charge is -2.12. The van der Waals surface area contributed by atoms with Gasteiger partial charge in [0.1, 0.15) is 0 Å². The van der Waals surface area contributed by atoms with Crippen LogP contribution in [-0.4, -0.2) is 14.9 Å². The second kappa shape index (κ2) is 6.33. The number of aliphatic hydroxyl groups excluding tert-OH is 1. The number of hydrogen-bond donors (Lipinski definition) is 1. The molecule has 19 heavy (non-hydrogen) atoms. The summed E-state index contributed by atoms with van der Waals surface area (Å²) in [4.78, 5) is 12.1. The number of nitrogens with zero attached hydrogens (tertiary/aromatic N) is 2. The Morgan fingerprint density at radius 2 is 2.00 bits per heavy atom. The average molecular weight is 264 g/mol. The zero-order chi connectivity index (χ0) is 13.8. The fourth-order valence-corrected chi connectivity index (χ4v) is 3.00. The van der Waals surface area contributed by atoms with Crippen LogP contribution in [0.25, 0.3) is 0 Å². The average Bonchev–Trinajstić information content (AvgIpc) is 2.89. The summed E-state index contributed by atoms with van der Waals surface area (Å²) in [6, 6.07) is 0.